The normalized spacial score (nSPS) is 19.2. The Morgan fingerprint density at radius 1 is 1.58 bits per heavy atom. The van der Waals surface area contributed by atoms with Gasteiger partial charge in [-0.1, -0.05) is 11.8 Å². The van der Waals surface area contributed by atoms with Crippen LogP contribution in [-0.2, 0) is 4.79 Å². The van der Waals surface area contributed by atoms with Crippen LogP contribution in [0.25, 0.3) is 10.3 Å². The van der Waals surface area contributed by atoms with E-state index in [-0.39, 0.29) is 0 Å². The second kappa shape index (κ2) is 4.93. The van der Waals surface area contributed by atoms with Crippen LogP contribution in [0.2, 0.25) is 0 Å². The minimum Gasteiger partial charge on any atom is -0.480 e. The molecule has 1 aliphatic rings. The number of nitrogens with zero attached hydrogens (tertiary/aromatic N) is 4. The number of thiazole rings is 1. The quantitative estimate of drug-likeness (QED) is 0.866. The molecule has 1 atom stereocenters. The van der Waals surface area contributed by atoms with Gasteiger partial charge < -0.3 is 10.0 Å². The molecule has 3 rings (SSSR count). The Hall–Kier alpha value is -1.41. The average molecular weight is 296 g/mol. The molecule has 0 aromatic carbocycles. The maximum absolute atomic E-state index is 11.3. The SMILES string of the molecule is CSc1nc2ncnc(N3CCCC3C(=O)O)c2s1. The topological polar surface area (TPSA) is 79.2 Å². The molecule has 0 spiro atoms. The predicted molar refractivity (Wildman–Crippen MR) is 75.0 cm³/mol. The minimum atomic E-state index is -0.793. The number of anilines is 1. The summed E-state index contributed by atoms with van der Waals surface area (Å²) in [4.78, 5) is 26.0. The second-order valence-corrected chi connectivity index (χ2v) is 6.28. The summed E-state index contributed by atoms with van der Waals surface area (Å²) in [6.45, 7) is 0.718. The van der Waals surface area contributed by atoms with Gasteiger partial charge in [-0.05, 0) is 19.1 Å². The van der Waals surface area contributed by atoms with Crippen LogP contribution in [0.15, 0.2) is 10.7 Å². The summed E-state index contributed by atoms with van der Waals surface area (Å²) in [6, 6.07) is -0.488. The number of fused-ring (bicyclic) bond motifs is 1. The van der Waals surface area contributed by atoms with E-state index in [0.717, 1.165) is 22.0 Å². The fourth-order valence-corrected chi connectivity index (χ4v) is 3.81. The van der Waals surface area contributed by atoms with Gasteiger partial charge in [-0.25, -0.2) is 19.7 Å². The first kappa shape index (κ1) is 12.6. The monoisotopic (exact) mass is 296 g/mol. The molecule has 2 aromatic rings. The summed E-state index contributed by atoms with van der Waals surface area (Å²) in [5.41, 5.74) is 0.649. The van der Waals surface area contributed by atoms with Crippen LogP contribution in [0.3, 0.4) is 0 Å². The molecule has 100 valence electrons. The number of carboxylic acids is 1. The van der Waals surface area contributed by atoms with E-state index in [4.69, 9.17) is 0 Å². The number of thioether (sulfide) groups is 1. The number of rotatable bonds is 3. The molecule has 19 heavy (non-hydrogen) atoms. The van der Waals surface area contributed by atoms with Gasteiger partial charge in [-0.15, -0.1) is 11.3 Å². The van der Waals surface area contributed by atoms with Crippen LogP contribution >= 0.6 is 23.1 Å². The zero-order chi connectivity index (χ0) is 13.4. The van der Waals surface area contributed by atoms with Crippen molar-refractivity contribution >= 4 is 45.2 Å². The molecule has 1 aliphatic heterocycles. The van der Waals surface area contributed by atoms with Crippen molar-refractivity contribution in [3.8, 4) is 0 Å². The van der Waals surface area contributed by atoms with Crippen molar-refractivity contribution in [2.45, 2.75) is 23.2 Å². The fourth-order valence-electron chi connectivity index (χ4n) is 2.29. The van der Waals surface area contributed by atoms with Crippen LogP contribution < -0.4 is 4.90 Å². The van der Waals surface area contributed by atoms with Crippen molar-refractivity contribution in [3.05, 3.63) is 6.33 Å². The highest BCUT2D eigenvalue weighted by Crippen LogP contribution is 2.35. The average Bonchev–Trinajstić information content (AvgIpc) is 3.04. The number of carboxylic acid groups (broad SMARTS) is 1. The number of aromatic nitrogens is 3. The summed E-state index contributed by atoms with van der Waals surface area (Å²) >= 11 is 3.07. The molecule has 8 heteroatoms. The van der Waals surface area contributed by atoms with E-state index in [0.29, 0.717) is 17.9 Å². The van der Waals surface area contributed by atoms with Crippen molar-refractivity contribution in [2.24, 2.45) is 0 Å². The summed E-state index contributed by atoms with van der Waals surface area (Å²) in [5.74, 6) is -0.0911. The number of aliphatic carboxylic acids is 1. The standard InChI is InChI=1S/C11H12N4O2S2/c1-18-11-14-8-7(19-11)9(13-5-12-8)15-4-2-3-6(15)10(16)17/h5-6H,2-4H2,1H3,(H,16,17). The summed E-state index contributed by atoms with van der Waals surface area (Å²) < 4.78 is 1.79. The Kier molecular flexibility index (Phi) is 3.28. The number of hydrogen-bond acceptors (Lipinski definition) is 7. The van der Waals surface area contributed by atoms with Crippen LogP contribution in [0.1, 0.15) is 12.8 Å². The Balaban J connectivity index is 2.09. The third-order valence-corrected chi connectivity index (χ3v) is 5.16. The van der Waals surface area contributed by atoms with Crippen molar-refractivity contribution in [3.63, 3.8) is 0 Å². The zero-order valence-corrected chi connectivity index (χ0v) is 11.9. The van der Waals surface area contributed by atoms with Crippen LogP contribution in [0.5, 0.6) is 0 Å². The molecular formula is C11H12N4O2S2. The smallest absolute Gasteiger partial charge is 0.326 e. The first-order valence-corrected chi connectivity index (χ1v) is 7.90. The molecule has 6 nitrogen and oxygen atoms in total. The van der Waals surface area contributed by atoms with Gasteiger partial charge in [0.1, 0.15) is 17.1 Å². The van der Waals surface area contributed by atoms with E-state index in [1.807, 2.05) is 11.2 Å². The largest absolute Gasteiger partial charge is 0.480 e. The molecule has 1 unspecified atom stereocenters. The highest BCUT2D eigenvalue weighted by molar-refractivity contribution is 8.00. The third kappa shape index (κ3) is 2.14. The Morgan fingerprint density at radius 2 is 2.42 bits per heavy atom. The van der Waals surface area contributed by atoms with E-state index in [1.54, 1.807) is 11.8 Å². The second-order valence-electron chi connectivity index (χ2n) is 4.22. The highest BCUT2D eigenvalue weighted by Gasteiger charge is 2.33. The van der Waals surface area contributed by atoms with E-state index in [9.17, 15) is 9.90 Å². The van der Waals surface area contributed by atoms with Crippen LogP contribution in [-0.4, -0.2) is 44.9 Å². The molecule has 0 aliphatic carbocycles. The molecule has 2 aromatic heterocycles. The van der Waals surface area contributed by atoms with Crippen LogP contribution in [0, 0.1) is 0 Å². The van der Waals surface area contributed by atoms with E-state index < -0.39 is 12.0 Å². The molecule has 0 amide bonds. The van der Waals surface area contributed by atoms with Gasteiger partial charge in [-0.3, -0.25) is 0 Å². The van der Waals surface area contributed by atoms with Crippen molar-refractivity contribution < 1.29 is 9.90 Å². The molecule has 0 saturated carbocycles. The first-order chi connectivity index (χ1) is 9.20. The van der Waals surface area contributed by atoms with Gasteiger partial charge >= 0.3 is 5.97 Å². The lowest BCUT2D eigenvalue weighted by Gasteiger charge is -2.22. The molecule has 1 saturated heterocycles. The third-order valence-electron chi connectivity index (χ3n) is 3.14. The maximum Gasteiger partial charge on any atom is 0.326 e. The van der Waals surface area contributed by atoms with E-state index >= 15 is 0 Å². The number of hydrogen-bond donors (Lipinski definition) is 1. The molecule has 0 radical (unpaired) electrons. The van der Waals surface area contributed by atoms with E-state index in [1.165, 1.54) is 17.7 Å². The number of carbonyl (C=O) groups is 1. The molecule has 0 bridgehead atoms. The van der Waals surface area contributed by atoms with Gasteiger partial charge in [-0.2, -0.15) is 0 Å². The van der Waals surface area contributed by atoms with Gasteiger partial charge in [0.2, 0.25) is 0 Å². The highest BCUT2D eigenvalue weighted by atomic mass is 32.2. The Labute approximate surface area is 117 Å². The lowest BCUT2D eigenvalue weighted by molar-refractivity contribution is -0.138. The first-order valence-electron chi connectivity index (χ1n) is 5.85. The van der Waals surface area contributed by atoms with E-state index in [2.05, 4.69) is 15.0 Å². The van der Waals surface area contributed by atoms with Gasteiger partial charge in [0.25, 0.3) is 0 Å². The minimum absolute atomic E-state index is 0.488. The Morgan fingerprint density at radius 3 is 3.16 bits per heavy atom. The van der Waals surface area contributed by atoms with Gasteiger partial charge in [0.05, 0.1) is 0 Å². The zero-order valence-electron chi connectivity index (χ0n) is 10.2. The molecule has 3 heterocycles. The van der Waals surface area contributed by atoms with Gasteiger partial charge in [0, 0.05) is 6.54 Å². The molecule has 1 N–H and O–H groups in total. The van der Waals surface area contributed by atoms with Crippen LogP contribution in [0.4, 0.5) is 5.82 Å². The Bertz CT molecular complexity index is 630. The summed E-state index contributed by atoms with van der Waals surface area (Å²) in [5, 5.41) is 9.27. The van der Waals surface area contributed by atoms with Gasteiger partial charge in [0.15, 0.2) is 15.8 Å². The lowest BCUT2D eigenvalue weighted by atomic mass is 10.2. The summed E-state index contributed by atoms with van der Waals surface area (Å²) in [6.07, 6.45) is 4.95. The fraction of sp³-hybridized carbons (Fsp3) is 0.455. The van der Waals surface area contributed by atoms with Crippen molar-refractivity contribution in [1.82, 2.24) is 15.0 Å². The molecular weight excluding hydrogens is 284 g/mol. The predicted octanol–water partition coefficient (Wildman–Crippen LogP) is 1.86. The molecule has 1 fully saturated rings. The lowest BCUT2D eigenvalue weighted by Crippen LogP contribution is -2.36. The van der Waals surface area contributed by atoms with Crippen molar-refractivity contribution in [1.29, 1.82) is 0 Å². The maximum atomic E-state index is 11.3. The summed E-state index contributed by atoms with van der Waals surface area (Å²) in [7, 11) is 0. The van der Waals surface area contributed by atoms with Crippen molar-refractivity contribution in [2.75, 3.05) is 17.7 Å².